The van der Waals surface area contributed by atoms with Gasteiger partial charge in [-0.15, -0.1) is 0 Å². The van der Waals surface area contributed by atoms with E-state index < -0.39 is 0 Å². The fraction of sp³-hybridized carbons (Fsp3) is 0.276. The number of hydrogen-bond acceptors (Lipinski definition) is 1. The Bertz CT molecular complexity index is 5760. The third-order valence-corrected chi connectivity index (χ3v) is 23.9. The number of fused-ring (bicyclic) bond motifs is 8. The van der Waals surface area contributed by atoms with Crippen LogP contribution in [0.4, 0.5) is 17.1 Å². The Hall–Kier alpha value is -10.5. The molecular weight excluding hydrogens is 1300 g/mol. The largest absolute Gasteiger partial charge is 0.310 e. The van der Waals surface area contributed by atoms with Crippen molar-refractivity contribution >= 4 is 71.4 Å². The van der Waals surface area contributed by atoms with Crippen LogP contribution in [0.1, 0.15) is 197 Å². The van der Waals surface area contributed by atoms with E-state index >= 15 is 0 Å². The molecule has 0 bridgehead atoms. The number of hydrogen-bond donors (Lipinski definition) is 0. The second-order valence-corrected chi connectivity index (χ2v) is 36.0. The van der Waals surface area contributed by atoms with E-state index in [1.807, 2.05) is 0 Å². The quantitative estimate of drug-likeness (QED) is 0.0886. The molecule has 0 N–H and O–H groups in total. The highest BCUT2D eigenvalue weighted by Crippen LogP contribution is 2.53. The fourth-order valence-electron chi connectivity index (χ4n) is 17.5. The lowest BCUT2D eigenvalue weighted by atomic mass is 9.68. The summed E-state index contributed by atoms with van der Waals surface area (Å²) in [6, 6.07) is 104. The summed E-state index contributed by atoms with van der Waals surface area (Å²) in [5.74, 6) is 0.266. The van der Waals surface area contributed by atoms with E-state index in [0.717, 1.165) is 67.7 Å². The molecule has 0 saturated carbocycles. The molecule has 0 spiro atoms. The van der Waals surface area contributed by atoms with E-state index in [0.29, 0.717) is 0 Å². The minimum Gasteiger partial charge on any atom is -0.310 e. The molecule has 2 heterocycles. The van der Waals surface area contributed by atoms with E-state index in [1.165, 1.54) is 155 Å². The van der Waals surface area contributed by atoms with Gasteiger partial charge in [0.25, 0.3) is 0 Å². The van der Waals surface area contributed by atoms with Crippen LogP contribution in [0.15, 0.2) is 267 Å². The Kier molecular flexibility index (Phi) is 18.4. The van der Waals surface area contributed by atoms with Gasteiger partial charge in [-0.1, -0.05) is 293 Å². The van der Waals surface area contributed by atoms with Gasteiger partial charge in [0.1, 0.15) is 0 Å². The zero-order valence-electron chi connectivity index (χ0n) is 66.8. The van der Waals surface area contributed by atoms with Crippen LogP contribution in [-0.4, -0.2) is 9.13 Å². The van der Waals surface area contributed by atoms with Gasteiger partial charge in [-0.25, -0.2) is 0 Å². The normalized spacial score (nSPS) is 13.5. The highest BCUT2D eigenvalue weighted by Gasteiger charge is 2.36. The van der Waals surface area contributed by atoms with Gasteiger partial charge in [0.2, 0.25) is 0 Å². The molecule has 15 aromatic rings. The van der Waals surface area contributed by atoms with Crippen molar-refractivity contribution in [3.05, 3.63) is 328 Å². The molecule has 0 radical (unpaired) electrons. The molecule has 0 fully saturated rings. The summed E-state index contributed by atoms with van der Waals surface area (Å²) in [5, 5.41) is 7.77. The molecule has 108 heavy (non-hydrogen) atoms. The Morgan fingerprint density at radius 2 is 0.759 bits per heavy atom. The summed E-state index contributed by atoms with van der Waals surface area (Å²) in [7, 11) is 0. The summed E-state index contributed by atoms with van der Waals surface area (Å²) in [4.78, 5) is 2.52. The Morgan fingerprint density at radius 3 is 1.23 bits per heavy atom. The molecule has 0 amide bonds. The first-order valence-corrected chi connectivity index (χ1v) is 40.0. The molecule has 3 nitrogen and oxygen atoms in total. The van der Waals surface area contributed by atoms with Crippen LogP contribution in [0, 0.1) is 0 Å². The van der Waals surface area contributed by atoms with Crippen LogP contribution in [0.25, 0.3) is 99.1 Å². The Balaban J connectivity index is 0.771. The molecule has 0 aliphatic heterocycles. The van der Waals surface area contributed by atoms with Crippen LogP contribution in [0.3, 0.4) is 0 Å². The molecular formula is C105H107N3. The van der Waals surface area contributed by atoms with E-state index in [4.69, 9.17) is 0 Å². The minimum absolute atomic E-state index is 0.00159. The lowest BCUT2D eigenvalue weighted by Crippen LogP contribution is -2.24. The summed E-state index contributed by atoms with van der Waals surface area (Å²) in [5.41, 5.74) is 33.0. The minimum atomic E-state index is -0.300. The highest BCUT2D eigenvalue weighted by atomic mass is 15.1. The first-order valence-electron chi connectivity index (χ1n) is 40.0. The van der Waals surface area contributed by atoms with Crippen molar-refractivity contribution in [1.82, 2.24) is 9.13 Å². The third-order valence-electron chi connectivity index (χ3n) is 23.9. The van der Waals surface area contributed by atoms with Crippen LogP contribution in [0.2, 0.25) is 0 Å². The van der Waals surface area contributed by atoms with Crippen molar-refractivity contribution in [3.63, 3.8) is 0 Å². The number of rotatable bonds is 17. The van der Waals surface area contributed by atoms with Gasteiger partial charge >= 0.3 is 0 Å². The van der Waals surface area contributed by atoms with Crippen molar-refractivity contribution in [2.24, 2.45) is 0 Å². The van der Waals surface area contributed by atoms with Crippen LogP contribution in [-0.2, 0) is 52.8 Å². The van der Waals surface area contributed by atoms with Gasteiger partial charge in [0.05, 0.1) is 27.8 Å². The van der Waals surface area contributed by atoms with Gasteiger partial charge in [0.15, 0.2) is 0 Å². The molecule has 0 saturated heterocycles. The van der Waals surface area contributed by atoms with Crippen molar-refractivity contribution in [3.8, 4) is 44.8 Å². The second kappa shape index (κ2) is 27.6. The first-order chi connectivity index (χ1) is 51.7. The molecule has 1 aliphatic carbocycles. The molecule has 1 aliphatic rings. The van der Waals surface area contributed by atoms with Crippen molar-refractivity contribution in [2.45, 2.75) is 189 Å². The smallest absolute Gasteiger partial charge is 0.0541 e. The molecule has 1 unspecified atom stereocenters. The molecule has 542 valence electrons. The van der Waals surface area contributed by atoms with Gasteiger partial charge < -0.3 is 14.0 Å². The van der Waals surface area contributed by atoms with E-state index in [1.54, 1.807) is 0 Å². The topological polar surface area (TPSA) is 13.1 Å². The van der Waals surface area contributed by atoms with E-state index in [-0.39, 0.29) is 33.0 Å². The lowest BCUT2D eigenvalue weighted by Gasteiger charge is -2.37. The number of aryl methyl sites for hydroxylation is 3. The fourth-order valence-corrected chi connectivity index (χ4v) is 17.5. The van der Waals surface area contributed by atoms with Crippen LogP contribution in [0.5, 0.6) is 0 Å². The Morgan fingerprint density at radius 1 is 0.333 bits per heavy atom. The summed E-state index contributed by atoms with van der Waals surface area (Å²) >= 11 is 0. The molecule has 3 heteroatoms. The standard InChI is InChI=1S/C105H107N3/c1-17-22-68-30-36-72(37-31-68)74-41-43-76(44-42-74)77(60-71-24-19-25-83(61-71)107-96-55-47-78(101(3,4)5)63-89(96)90-64-79(102(6,7)8)48-56-97(90)107)40-34-70-35-53-86-87-54-59-95(88-28-21-29-93(100(87)88)105(15,16)94(86)62-70)106(82-51-45-75(46-52-82)73-38-32-69(23-18-2)33-39-73)84-26-20-27-85(67-84)108-98-57-49-80(103(9,10)11)65-91(98)92-66-81(104(12,13)14)50-58-99(92)108/h19-21,24-33,35-39,41-59,61-67,77H,17-18,22-23,34,40,60H2,1-16H3. The predicted octanol–water partition coefficient (Wildman–Crippen LogP) is 29.2. The van der Waals surface area contributed by atoms with Crippen molar-refractivity contribution < 1.29 is 0 Å². The average molecular weight is 1410 g/mol. The third kappa shape index (κ3) is 13.4. The number of aromatic nitrogens is 2. The van der Waals surface area contributed by atoms with Crippen LogP contribution < -0.4 is 4.90 Å². The van der Waals surface area contributed by atoms with Gasteiger partial charge in [-0.3, -0.25) is 0 Å². The Labute approximate surface area is 643 Å². The van der Waals surface area contributed by atoms with Crippen LogP contribution >= 0.6 is 0 Å². The van der Waals surface area contributed by atoms with E-state index in [9.17, 15) is 0 Å². The monoisotopic (exact) mass is 1410 g/mol. The molecule has 2 aromatic heterocycles. The van der Waals surface area contributed by atoms with Crippen molar-refractivity contribution in [1.29, 1.82) is 0 Å². The summed E-state index contributed by atoms with van der Waals surface area (Å²) in [6.45, 7) is 37.3. The average Bonchev–Trinajstić information content (AvgIpc) is 0.983. The lowest BCUT2D eigenvalue weighted by molar-refractivity contribution is 0.590. The zero-order chi connectivity index (χ0) is 75.3. The second-order valence-electron chi connectivity index (χ2n) is 36.0. The van der Waals surface area contributed by atoms with Gasteiger partial charge in [0, 0.05) is 55.1 Å². The maximum Gasteiger partial charge on any atom is 0.0541 e. The maximum absolute atomic E-state index is 2.58. The van der Waals surface area contributed by atoms with Gasteiger partial charge in [-0.05, 0) is 257 Å². The summed E-state index contributed by atoms with van der Waals surface area (Å²) < 4.78 is 5.03. The number of benzene rings is 13. The summed E-state index contributed by atoms with van der Waals surface area (Å²) in [6.07, 6.45) is 7.34. The maximum atomic E-state index is 2.58. The SMILES string of the molecule is CCCc1ccc(-c2ccc(C(CCc3ccc4c(c3)C(C)(C)c3cccc5c(N(c6ccc(-c7ccc(CCC)cc7)cc6)c6cccc(-n7c8ccc(C(C)(C)C)cc8c8cc(C(C)(C)C)ccc87)c6)ccc-4c35)Cc3cccc(-n4c5ccc(C(C)(C)C)cc5c5cc(C(C)(C)C)ccc54)c3)cc2)cc1. The van der Waals surface area contributed by atoms with E-state index in [2.05, 4.69) is 392 Å². The zero-order valence-corrected chi connectivity index (χ0v) is 66.8. The van der Waals surface area contributed by atoms with Gasteiger partial charge in [-0.2, -0.15) is 0 Å². The number of anilines is 3. The first kappa shape index (κ1) is 71.8. The molecule has 16 rings (SSSR count). The highest BCUT2D eigenvalue weighted by molar-refractivity contribution is 6.13. The predicted molar refractivity (Wildman–Crippen MR) is 466 cm³/mol. The molecule has 13 aromatic carbocycles. The van der Waals surface area contributed by atoms with Crippen molar-refractivity contribution in [2.75, 3.05) is 4.90 Å². The molecule has 1 atom stereocenters. The number of nitrogens with zero attached hydrogens (tertiary/aromatic N) is 3.